The zero-order valence-electron chi connectivity index (χ0n) is 14.1. The number of aryl methyl sites for hydroxylation is 2. The average molecular weight is 351 g/mol. The van der Waals surface area contributed by atoms with Gasteiger partial charge in [0.05, 0.1) is 17.1 Å². The molecule has 0 aliphatic heterocycles. The maximum absolute atomic E-state index is 12.1. The van der Waals surface area contributed by atoms with Gasteiger partial charge in [-0.15, -0.1) is 0 Å². The van der Waals surface area contributed by atoms with Gasteiger partial charge in [0.25, 0.3) is 5.91 Å². The maximum Gasteiger partial charge on any atom is 0.251 e. The monoisotopic (exact) mass is 351 g/mol. The van der Waals surface area contributed by atoms with E-state index in [2.05, 4.69) is 15.0 Å². The molecule has 2 aromatic rings. The number of carbonyl (C=O) groups excluding carboxylic acids is 1. The minimum Gasteiger partial charge on any atom is -0.444 e. The topological polar surface area (TPSA) is 101 Å². The van der Waals surface area contributed by atoms with Crippen molar-refractivity contribution in [3.05, 3.63) is 47.2 Å². The molecule has 2 N–H and O–H groups in total. The fourth-order valence-corrected chi connectivity index (χ4v) is 3.29. The average Bonchev–Trinajstić information content (AvgIpc) is 2.82. The number of hydrogen-bond donors (Lipinski definition) is 2. The molecular formula is C16H21N3O4S. The van der Waals surface area contributed by atoms with Crippen LogP contribution in [0.5, 0.6) is 0 Å². The highest BCUT2D eigenvalue weighted by molar-refractivity contribution is 7.89. The Balaban J connectivity index is 2.03. The number of sulfonamides is 1. The molecule has 1 aromatic carbocycles. The van der Waals surface area contributed by atoms with Gasteiger partial charge in [-0.2, -0.15) is 0 Å². The van der Waals surface area contributed by atoms with Crippen LogP contribution in [-0.2, 0) is 16.6 Å². The Morgan fingerprint density at radius 3 is 2.33 bits per heavy atom. The lowest BCUT2D eigenvalue weighted by Crippen LogP contribution is -2.30. The van der Waals surface area contributed by atoms with Crippen LogP contribution in [0.25, 0.3) is 0 Å². The maximum atomic E-state index is 12.1. The minimum absolute atomic E-state index is 0.117. The number of rotatable bonds is 6. The van der Waals surface area contributed by atoms with Crippen LogP contribution >= 0.6 is 0 Å². The van der Waals surface area contributed by atoms with E-state index in [9.17, 15) is 13.2 Å². The van der Waals surface area contributed by atoms with Crippen LogP contribution in [0.4, 0.5) is 0 Å². The zero-order valence-corrected chi connectivity index (χ0v) is 14.9. The molecule has 0 aliphatic rings. The van der Waals surface area contributed by atoms with E-state index in [-0.39, 0.29) is 23.4 Å². The summed E-state index contributed by atoms with van der Waals surface area (Å²) in [5, 5.41) is 2.69. The molecule has 0 fully saturated rings. The predicted molar refractivity (Wildman–Crippen MR) is 89.0 cm³/mol. The number of nitrogens with zero attached hydrogens (tertiary/aromatic N) is 1. The lowest BCUT2D eigenvalue weighted by atomic mass is 10.2. The Hall–Kier alpha value is -2.19. The van der Waals surface area contributed by atoms with Gasteiger partial charge in [-0.1, -0.05) is 0 Å². The summed E-state index contributed by atoms with van der Waals surface area (Å²) in [5.74, 6) is 0.814. The van der Waals surface area contributed by atoms with E-state index in [1.807, 2.05) is 6.92 Å². The predicted octanol–water partition coefficient (Wildman–Crippen LogP) is 1.91. The Labute approximate surface area is 141 Å². The highest BCUT2D eigenvalue weighted by Gasteiger charge is 2.16. The van der Waals surface area contributed by atoms with E-state index in [1.165, 1.54) is 24.3 Å². The number of carbonyl (C=O) groups is 1. The van der Waals surface area contributed by atoms with Crippen LogP contribution < -0.4 is 10.0 Å². The summed E-state index contributed by atoms with van der Waals surface area (Å²) in [4.78, 5) is 16.4. The molecule has 8 heteroatoms. The molecule has 0 saturated heterocycles. The number of amides is 1. The third-order valence-electron chi connectivity index (χ3n) is 3.29. The fourth-order valence-electron chi connectivity index (χ4n) is 2.04. The molecule has 0 saturated carbocycles. The first-order valence-corrected chi connectivity index (χ1v) is 9.01. The van der Waals surface area contributed by atoms with Crippen LogP contribution in [0.2, 0.25) is 0 Å². The van der Waals surface area contributed by atoms with Crippen LogP contribution in [-0.4, -0.2) is 25.4 Å². The standard InChI is InChI=1S/C16H21N3O4S/c1-10(2)19-24(21,22)14-7-5-13(6-8-14)16(20)17-9-15-18-11(3)12(4)23-15/h5-8,10,19H,9H2,1-4H3,(H,17,20). The molecule has 1 amide bonds. The summed E-state index contributed by atoms with van der Waals surface area (Å²) in [7, 11) is -3.57. The molecule has 7 nitrogen and oxygen atoms in total. The molecule has 24 heavy (non-hydrogen) atoms. The van der Waals surface area contributed by atoms with Crippen molar-refractivity contribution in [2.45, 2.75) is 45.2 Å². The normalized spacial score (nSPS) is 11.7. The lowest BCUT2D eigenvalue weighted by Gasteiger charge is -2.10. The van der Waals surface area contributed by atoms with Crippen molar-refractivity contribution in [3.63, 3.8) is 0 Å². The molecular weight excluding hydrogens is 330 g/mol. The third kappa shape index (κ3) is 4.42. The summed E-state index contributed by atoms with van der Waals surface area (Å²) in [5.41, 5.74) is 1.14. The smallest absolute Gasteiger partial charge is 0.251 e. The number of hydrogen-bond acceptors (Lipinski definition) is 5. The quantitative estimate of drug-likeness (QED) is 0.828. The Bertz CT molecular complexity index is 804. The number of oxazole rings is 1. The van der Waals surface area contributed by atoms with Crippen molar-refractivity contribution in [2.75, 3.05) is 0 Å². The van der Waals surface area contributed by atoms with Crippen LogP contribution in [0.1, 0.15) is 41.6 Å². The lowest BCUT2D eigenvalue weighted by molar-refractivity contribution is 0.0947. The van der Waals surface area contributed by atoms with Gasteiger partial charge in [0.1, 0.15) is 5.76 Å². The second kappa shape index (κ2) is 7.14. The van der Waals surface area contributed by atoms with Gasteiger partial charge >= 0.3 is 0 Å². The van der Waals surface area contributed by atoms with Crippen molar-refractivity contribution < 1.29 is 17.6 Å². The number of benzene rings is 1. The van der Waals surface area contributed by atoms with E-state index in [0.29, 0.717) is 17.2 Å². The first-order chi connectivity index (χ1) is 11.2. The summed E-state index contributed by atoms with van der Waals surface area (Å²) in [6.07, 6.45) is 0. The second-order valence-electron chi connectivity index (χ2n) is 5.73. The summed E-state index contributed by atoms with van der Waals surface area (Å²) in [6.45, 7) is 7.28. The SMILES string of the molecule is Cc1nc(CNC(=O)c2ccc(S(=O)(=O)NC(C)C)cc2)oc1C. The van der Waals surface area contributed by atoms with Crippen molar-refractivity contribution in [2.24, 2.45) is 0 Å². The van der Waals surface area contributed by atoms with Crippen molar-refractivity contribution in [1.82, 2.24) is 15.0 Å². The van der Waals surface area contributed by atoms with Gasteiger partial charge < -0.3 is 9.73 Å². The molecule has 1 aromatic heterocycles. The van der Waals surface area contributed by atoms with E-state index in [1.54, 1.807) is 20.8 Å². The molecule has 0 bridgehead atoms. The van der Waals surface area contributed by atoms with E-state index < -0.39 is 10.0 Å². The van der Waals surface area contributed by atoms with Crippen molar-refractivity contribution >= 4 is 15.9 Å². The molecule has 0 aliphatic carbocycles. The second-order valence-corrected chi connectivity index (χ2v) is 7.45. The molecule has 130 valence electrons. The molecule has 0 atom stereocenters. The molecule has 0 spiro atoms. The van der Waals surface area contributed by atoms with Crippen molar-refractivity contribution in [3.8, 4) is 0 Å². The van der Waals surface area contributed by atoms with E-state index >= 15 is 0 Å². The summed E-state index contributed by atoms with van der Waals surface area (Å²) >= 11 is 0. The molecule has 2 rings (SSSR count). The van der Waals surface area contributed by atoms with Gasteiger partial charge in [-0.05, 0) is 52.0 Å². The Kier molecular flexibility index (Phi) is 5.40. The molecule has 0 radical (unpaired) electrons. The van der Waals surface area contributed by atoms with Crippen LogP contribution in [0.15, 0.2) is 33.6 Å². The fraction of sp³-hybridized carbons (Fsp3) is 0.375. The van der Waals surface area contributed by atoms with Gasteiger partial charge in [0.2, 0.25) is 15.9 Å². The van der Waals surface area contributed by atoms with E-state index in [0.717, 1.165) is 5.69 Å². The first kappa shape index (κ1) is 18.2. The van der Waals surface area contributed by atoms with Gasteiger partial charge in [-0.25, -0.2) is 18.1 Å². The molecule has 0 unspecified atom stereocenters. The first-order valence-electron chi connectivity index (χ1n) is 7.52. The Morgan fingerprint density at radius 2 is 1.83 bits per heavy atom. The van der Waals surface area contributed by atoms with Crippen LogP contribution in [0, 0.1) is 13.8 Å². The number of aromatic nitrogens is 1. The van der Waals surface area contributed by atoms with Gasteiger partial charge in [0.15, 0.2) is 0 Å². The van der Waals surface area contributed by atoms with Crippen LogP contribution in [0.3, 0.4) is 0 Å². The number of nitrogens with one attached hydrogen (secondary N) is 2. The van der Waals surface area contributed by atoms with Gasteiger partial charge in [-0.3, -0.25) is 4.79 Å². The van der Waals surface area contributed by atoms with Crippen molar-refractivity contribution in [1.29, 1.82) is 0 Å². The Morgan fingerprint density at radius 1 is 1.21 bits per heavy atom. The highest BCUT2D eigenvalue weighted by Crippen LogP contribution is 2.12. The van der Waals surface area contributed by atoms with Gasteiger partial charge in [0, 0.05) is 11.6 Å². The summed E-state index contributed by atoms with van der Waals surface area (Å²) < 4.78 is 31.9. The largest absolute Gasteiger partial charge is 0.444 e. The van der Waals surface area contributed by atoms with E-state index in [4.69, 9.17) is 4.42 Å². The third-order valence-corrected chi connectivity index (χ3v) is 4.97. The summed E-state index contributed by atoms with van der Waals surface area (Å²) in [6, 6.07) is 5.54. The molecule has 1 heterocycles. The zero-order chi connectivity index (χ0) is 17.9. The minimum atomic E-state index is -3.57. The highest BCUT2D eigenvalue weighted by atomic mass is 32.2.